The summed E-state index contributed by atoms with van der Waals surface area (Å²) in [5.74, 6) is -1.14. The molecule has 0 aliphatic heterocycles. The lowest BCUT2D eigenvalue weighted by Gasteiger charge is -2.23. The zero-order valence-electron chi connectivity index (χ0n) is 14.6. The molecule has 7 heteroatoms. The van der Waals surface area contributed by atoms with Gasteiger partial charge in [0.25, 0.3) is 0 Å². The molecule has 2 amide bonds. The lowest BCUT2D eigenvalue weighted by atomic mass is 9.95. The van der Waals surface area contributed by atoms with Crippen molar-refractivity contribution in [3.8, 4) is 0 Å². The van der Waals surface area contributed by atoms with Gasteiger partial charge in [0.15, 0.2) is 0 Å². The highest BCUT2D eigenvalue weighted by Crippen LogP contribution is 2.21. The lowest BCUT2D eigenvalue weighted by Crippen LogP contribution is -2.44. The van der Waals surface area contributed by atoms with Gasteiger partial charge in [-0.15, -0.1) is 0 Å². The molecule has 132 valence electrons. The predicted octanol–water partition coefficient (Wildman–Crippen LogP) is 2.39. The summed E-state index contributed by atoms with van der Waals surface area (Å²) in [5, 5.41) is 14.3. The van der Waals surface area contributed by atoms with Crippen molar-refractivity contribution in [3.63, 3.8) is 0 Å². The third kappa shape index (κ3) is 5.91. The average Bonchev–Trinajstić information content (AvgIpc) is 2.39. The Bertz CT molecular complexity index is 611. The smallest absolute Gasteiger partial charge is 0.408 e. The highest BCUT2D eigenvalue weighted by atomic mass is 16.6. The molecule has 0 unspecified atom stereocenters. The van der Waals surface area contributed by atoms with E-state index >= 15 is 0 Å². The average molecular weight is 336 g/mol. The topological polar surface area (TPSA) is 105 Å². The molecule has 3 N–H and O–H groups in total. The number of carbonyl (C=O) groups is 3. The van der Waals surface area contributed by atoms with Gasteiger partial charge in [0.05, 0.1) is 0 Å². The van der Waals surface area contributed by atoms with Gasteiger partial charge in [-0.3, -0.25) is 4.79 Å². The number of aryl methyl sites for hydroxylation is 2. The highest BCUT2D eigenvalue weighted by molar-refractivity contribution is 5.80. The number of carboxylic acid groups (broad SMARTS) is 1. The van der Waals surface area contributed by atoms with Crippen LogP contribution in [-0.4, -0.2) is 35.2 Å². The molecule has 0 aromatic heterocycles. The molecule has 0 saturated heterocycles. The Morgan fingerprint density at radius 1 is 1.25 bits per heavy atom. The summed E-state index contributed by atoms with van der Waals surface area (Å²) >= 11 is 0. The molecule has 0 bridgehead atoms. The van der Waals surface area contributed by atoms with Crippen molar-refractivity contribution in [2.24, 2.45) is 0 Å². The molecule has 0 aliphatic rings. The molecule has 0 aliphatic carbocycles. The van der Waals surface area contributed by atoms with Gasteiger partial charge in [0.2, 0.25) is 6.41 Å². The van der Waals surface area contributed by atoms with Crippen molar-refractivity contribution < 1.29 is 24.2 Å². The minimum atomic E-state index is -1.14. The third-order valence-corrected chi connectivity index (χ3v) is 3.32. The maximum Gasteiger partial charge on any atom is 0.408 e. The molecular formula is C17H24N2O5. The highest BCUT2D eigenvalue weighted by Gasteiger charge is 2.25. The number of benzene rings is 1. The first-order valence-electron chi connectivity index (χ1n) is 7.56. The van der Waals surface area contributed by atoms with E-state index in [1.165, 1.54) is 0 Å². The van der Waals surface area contributed by atoms with E-state index in [2.05, 4.69) is 10.6 Å². The number of rotatable bonds is 6. The van der Waals surface area contributed by atoms with Gasteiger partial charge in [-0.05, 0) is 63.4 Å². The number of nitrogens with one attached hydrogen (secondary N) is 2. The van der Waals surface area contributed by atoms with E-state index in [-0.39, 0.29) is 6.42 Å². The second-order valence-electron chi connectivity index (χ2n) is 6.59. The van der Waals surface area contributed by atoms with E-state index < -0.39 is 23.7 Å². The Labute approximate surface area is 141 Å². The Hall–Kier alpha value is -2.57. The third-order valence-electron chi connectivity index (χ3n) is 3.32. The maximum absolute atomic E-state index is 11.8. The first-order chi connectivity index (χ1) is 11.0. The SMILES string of the molecule is Cc1cc(NC=O)cc(C)c1C[C@H](NC(=O)OC(C)(C)C)C(=O)O. The molecule has 0 fully saturated rings. The Balaban J connectivity index is 2.95. The van der Waals surface area contributed by atoms with Crippen LogP contribution >= 0.6 is 0 Å². The minimum Gasteiger partial charge on any atom is -0.480 e. The number of carboxylic acids is 1. The second kappa shape index (κ2) is 7.81. The minimum absolute atomic E-state index is 0.119. The van der Waals surface area contributed by atoms with Crippen molar-refractivity contribution >= 4 is 24.2 Å². The van der Waals surface area contributed by atoms with Crippen LogP contribution in [0.5, 0.6) is 0 Å². The summed E-state index contributed by atoms with van der Waals surface area (Å²) in [6.45, 7) is 8.76. The van der Waals surface area contributed by atoms with Crippen LogP contribution in [0.1, 0.15) is 37.5 Å². The molecule has 0 spiro atoms. The molecule has 1 rings (SSSR count). The summed E-state index contributed by atoms with van der Waals surface area (Å²) in [6.07, 6.45) is -0.0736. The number of ether oxygens (including phenoxy) is 1. The largest absolute Gasteiger partial charge is 0.480 e. The van der Waals surface area contributed by atoms with Gasteiger partial charge >= 0.3 is 12.1 Å². The van der Waals surface area contributed by atoms with Crippen LogP contribution in [0.3, 0.4) is 0 Å². The van der Waals surface area contributed by atoms with Crippen LogP contribution in [0, 0.1) is 13.8 Å². The van der Waals surface area contributed by atoms with Crippen LogP contribution in [0.4, 0.5) is 10.5 Å². The standard InChI is InChI=1S/C17H24N2O5/c1-10-6-12(18-9-20)7-11(2)13(10)8-14(15(21)22)19-16(23)24-17(3,4)5/h6-7,9,14H,8H2,1-5H3,(H,18,20)(H,19,23)(H,21,22)/t14-/m0/s1. The number of alkyl carbamates (subject to hydrolysis) is 1. The van der Waals surface area contributed by atoms with Gasteiger partial charge < -0.3 is 20.5 Å². The van der Waals surface area contributed by atoms with E-state index in [1.54, 1.807) is 32.9 Å². The van der Waals surface area contributed by atoms with Gasteiger partial charge in [-0.25, -0.2) is 9.59 Å². The van der Waals surface area contributed by atoms with Crippen molar-refractivity contribution in [1.29, 1.82) is 0 Å². The van der Waals surface area contributed by atoms with Gasteiger partial charge in [0.1, 0.15) is 11.6 Å². The second-order valence-corrected chi connectivity index (χ2v) is 6.59. The van der Waals surface area contributed by atoms with E-state index in [4.69, 9.17) is 4.74 Å². The first-order valence-corrected chi connectivity index (χ1v) is 7.56. The number of carbonyl (C=O) groups excluding carboxylic acids is 2. The van der Waals surface area contributed by atoms with Crippen molar-refractivity contribution in [2.45, 2.75) is 52.7 Å². The molecule has 0 radical (unpaired) electrons. The zero-order valence-corrected chi connectivity index (χ0v) is 14.6. The van der Waals surface area contributed by atoms with Gasteiger partial charge in [0, 0.05) is 12.1 Å². The van der Waals surface area contributed by atoms with E-state index in [0.29, 0.717) is 12.1 Å². The number of aliphatic carboxylic acids is 1. The van der Waals surface area contributed by atoms with E-state index in [1.807, 2.05) is 13.8 Å². The fraction of sp³-hybridized carbons (Fsp3) is 0.471. The normalized spacial score (nSPS) is 12.2. The number of hydrogen-bond acceptors (Lipinski definition) is 4. The van der Waals surface area contributed by atoms with Crippen LogP contribution in [-0.2, 0) is 20.7 Å². The van der Waals surface area contributed by atoms with Crippen LogP contribution in [0.2, 0.25) is 0 Å². The van der Waals surface area contributed by atoms with Gasteiger partial charge in [-0.1, -0.05) is 0 Å². The van der Waals surface area contributed by atoms with Crippen molar-refractivity contribution in [1.82, 2.24) is 5.32 Å². The zero-order chi connectivity index (χ0) is 18.5. The first kappa shape index (κ1) is 19.5. The van der Waals surface area contributed by atoms with Crippen molar-refractivity contribution in [3.05, 3.63) is 28.8 Å². The number of amides is 2. The van der Waals surface area contributed by atoms with Crippen LogP contribution in [0.25, 0.3) is 0 Å². The quantitative estimate of drug-likeness (QED) is 0.692. The molecule has 0 saturated carbocycles. The Morgan fingerprint density at radius 3 is 2.21 bits per heavy atom. The fourth-order valence-electron chi connectivity index (χ4n) is 2.32. The van der Waals surface area contributed by atoms with E-state index in [0.717, 1.165) is 16.7 Å². The summed E-state index contributed by atoms with van der Waals surface area (Å²) in [7, 11) is 0. The van der Waals surface area contributed by atoms with Crippen LogP contribution < -0.4 is 10.6 Å². The summed E-state index contributed by atoms with van der Waals surface area (Å²) in [5.41, 5.74) is 2.39. The molecule has 0 heterocycles. The molecular weight excluding hydrogens is 312 g/mol. The molecule has 1 atom stereocenters. The van der Waals surface area contributed by atoms with Crippen LogP contribution in [0.15, 0.2) is 12.1 Å². The van der Waals surface area contributed by atoms with Gasteiger partial charge in [-0.2, -0.15) is 0 Å². The number of hydrogen-bond donors (Lipinski definition) is 3. The molecule has 7 nitrogen and oxygen atoms in total. The molecule has 24 heavy (non-hydrogen) atoms. The Morgan fingerprint density at radius 2 is 1.79 bits per heavy atom. The maximum atomic E-state index is 11.8. The lowest BCUT2D eigenvalue weighted by molar-refractivity contribution is -0.139. The Kier molecular flexibility index (Phi) is 6.34. The summed E-state index contributed by atoms with van der Waals surface area (Å²) in [4.78, 5) is 33.8. The van der Waals surface area contributed by atoms with E-state index in [9.17, 15) is 19.5 Å². The summed E-state index contributed by atoms with van der Waals surface area (Å²) in [6, 6.07) is 2.40. The van der Waals surface area contributed by atoms with Crippen molar-refractivity contribution in [2.75, 3.05) is 5.32 Å². The molecule has 1 aromatic rings. The number of anilines is 1. The summed E-state index contributed by atoms with van der Waals surface area (Å²) < 4.78 is 5.11. The molecule has 1 aromatic carbocycles. The predicted molar refractivity (Wildman–Crippen MR) is 90.1 cm³/mol. The fourth-order valence-corrected chi connectivity index (χ4v) is 2.32. The monoisotopic (exact) mass is 336 g/mol.